The highest BCUT2D eigenvalue weighted by atomic mass is 16.3. The van der Waals surface area contributed by atoms with Crippen LogP contribution in [-0.2, 0) is 0 Å². The average molecular weight is 321 g/mol. The van der Waals surface area contributed by atoms with Crippen molar-refractivity contribution in [2.75, 3.05) is 0 Å². The lowest BCUT2D eigenvalue weighted by Gasteiger charge is -2.34. The molecule has 1 aliphatic carbocycles. The van der Waals surface area contributed by atoms with Crippen molar-refractivity contribution in [1.29, 1.82) is 0 Å². The molecule has 5 nitrogen and oxygen atoms in total. The summed E-state index contributed by atoms with van der Waals surface area (Å²) in [6, 6.07) is 6.46. The number of rotatable bonds is 1. The predicted octanol–water partition coefficient (Wildman–Crippen LogP) is 2.20. The van der Waals surface area contributed by atoms with Crippen LogP contribution in [0.25, 0.3) is 11.4 Å². The number of aliphatic hydroxyl groups is 1. The number of benzene rings is 1. The van der Waals surface area contributed by atoms with Gasteiger partial charge in [-0.05, 0) is 50.3 Å². The van der Waals surface area contributed by atoms with Crippen LogP contribution in [0.5, 0.6) is 0 Å². The quantitative estimate of drug-likeness (QED) is 0.790. The third-order valence-electron chi connectivity index (χ3n) is 4.74. The fourth-order valence-corrected chi connectivity index (χ4v) is 3.47. The fourth-order valence-electron chi connectivity index (χ4n) is 3.47. The minimum absolute atomic E-state index is 0.300. The number of hydrogen-bond donors (Lipinski definition) is 2. The number of carbonyl (C=O) groups excluding carboxylic acids is 1. The zero-order valence-corrected chi connectivity index (χ0v) is 13.7. The summed E-state index contributed by atoms with van der Waals surface area (Å²) in [6.45, 7) is 3.31. The highest BCUT2D eigenvalue weighted by Crippen LogP contribution is 2.51. The number of primary amides is 1. The Hall–Kier alpha value is -2.58. The van der Waals surface area contributed by atoms with Gasteiger partial charge >= 0.3 is 0 Å². The Morgan fingerprint density at radius 2 is 2.17 bits per heavy atom. The van der Waals surface area contributed by atoms with E-state index in [0.29, 0.717) is 17.7 Å². The number of imidazole rings is 1. The topological polar surface area (TPSA) is 81.1 Å². The molecule has 1 amide bonds. The van der Waals surface area contributed by atoms with Gasteiger partial charge in [0.25, 0.3) is 5.91 Å². The van der Waals surface area contributed by atoms with Gasteiger partial charge in [-0.2, -0.15) is 0 Å². The van der Waals surface area contributed by atoms with Gasteiger partial charge < -0.3 is 15.4 Å². The van der Waals surface area contributed by atoms with Gasteiger partial charge in [-0.15, -0.1) is 0 Å². The third kappa shape index (κ3) is 2.40. The van der Waals surface area contributed by atoms with Crippen LogP contribution < -0.4 is 5.73 Å². The molecule has 3 heterocycles. The molecule has 1 aromatic carbocycles. The van der Waals surface area contributed by atoms with Crippen molar-refractivity contribution in [3.63, 3.8) is 0 Å². The molecule has 24 heavy (non-hydrogen) atoms. The number of nitrogens with zero attached hydrogens (tertiary/aromatic N) is 2. The van der Waals surface area contributed by atoms with E-state index in [1.54, 1.807) is 20.0 Å². The molecule has 0 spiro atoms. The van der Waals surface area contributed by atoms with Gasteiger partial charge in [0.05, 0.1) is 0 Å². The van der Waals surface area contributed by atoms with Crippen molar-refractivity contribution in [2.45, 2.75) is 44.2 Å². The Balaban J connectivity index is 1.86. The molecule has 5 heteroatoms. The Morgan fingerprint density at radius 3 is 2.83 bits per heavy atom. The Kier molecular flexibility index (Phi) is 3.09. The zero-order chi connectivity index (χ0) is 17.1. The standard InChI is InChI=1S/C19H19N3O2/c1-19(2,24)6-5-11-3-4-14-12-8-13(9-12)22-10-16(17(20)23)21-18(22)15(14)7-11/h3-4,7,10,12-13,24H,8-9H2,1-2H3,(H2,20,23). The van der Waals surface area contributed by atoms with Gasteiger partial charge in [-0.25, -0.2) is 4.98 Å². The number of nitrogens with two attached hydrogens (primary N) is 1. The molecule has 2 aromatic rings. The minimum Gasteiger partial charge on any atom is -0.378 e. The number of carbonyl (C=O) groups is 1. The van der Waals surface area contributed by atoms with Crippen molar-refractivity contribution in [3.8, 4) is 23.2 Å². The van der Waals surface area contributed by atoms with Crippen LogP contribution in [0.3, 0.4) is 0 Å². The highest BCUT2D eigenvalue weighted by Gasteiger charge is 2.38. The fraction of sp³-hybridized carbons (Fsp3) is 0.368. The second kappa shape index (κ2) is 4.96. The number of amides is 1. The summed E-state index contributed by atoms with van der Waals surface area (Å²) in [5.74, 6) is 6.66. The van der Waals surface area contributed by atoms with E-state index in [0.717, 1.165) is 29.8 Å². The molecule has 3 N–H and O–H groups in total. The monoisotopic (exact) mass is 321 g/mol. The minimum atomic E-state index is -1.04. The van der Waals surface area contributed by atoms with Crippen molar-refractivity contribution < 1.29 is 9.90 Å². The zero-order valence-electron chi connectivity index (χ0n) is 13.7. The molecule has 122 valence electrons. The lowest BCUT2D eigenvalue weighted by atomic mass is 9.75. The smallest absolute Gasteiger partial charge is 0.268 e. The van der Waals surface area contributed by atoms with E-state index >= 15 is 0 Å². The van der Waals surface area contributed by atoms with Crippen LogP contribution in [-0.4, -0.2) is 26.2 Å². The summed E-state index contributed by atoms with van der Waals surface area (Å²) in [5, 5.41) is 9.79. The molecular formula is C19H19N3O2. The Morgan fingerprint density at radius 1 is 1.42 bits per heavy atom. The summed E-state index contributed by atoms with van der Waals surface area (Å²) in [4.78, 5) is 16.0. The third-order valence-corrected chi connectivity index (χ3v) is 4.74. The molecule has 3 aliphatic rings. The van der Waals surface area contributed by atoms with Gasteiger partial charge in [0.2, 0.25) is 0 Å². The lowest BCUT2D eigenvalue weighted by Crippen LogP contribution is -2.22. The number of aromatic nitrogens is 2. The Bertz CT molecular complexity index is 903. The van der Waals surface area contributed by atoms with Crippen LogP contribution in [0, 0.1) is 11.8 Å². The summed E-state index contributed by atoms with van der Waals surface area (Å²) in [7, 11) is 0. The predicted molar refractivity (Wildman–Crippen MR) is 90.4 cm³/mol. The van der Waals surface area contributed by atoms with Gasteiger partial charge in [-0.3, -0.25) is 4.79 Å². The molecule has 1 fully saturated rings. The first kappa shape index (κ1) is 15.0. The molecule has 0 atom stereocenters. The molecule has 0 saturated heterocycles. The molecule has 0 unspecified atom stereocenters. The van der Waals surface area contributed by atoms with Crippen molar-refractivity contribution in [3.05, 3.63) is 41.2 Å². The maximum atomic E-state index is 11.5. The van der Waals surface area contributed by atoms with Crippen LogP contribution >= 0.6 is 0 Å². The molecular weight excluding hydrogens is 302 g/mol. The van der Waals surface area contributed by atoms with Gasteiger partial charge in [0.1, 0.15) is 17.1 Å². The first-order valence-electron chi connectivity index (χ1n) is 8.10. The summed E-state index contributed by atoms with van der Waals surface area (Å²) in [6.07, 6.45) is 3.88. The van der Waals surface area contributed by atoms with E-state index in [9.17, 15) is 9.90 Å². The first-order chi connectivity index (χ1) is 11.3. The summed E-state index contributed by atoms with van der Waals surface area (Å²) in [5.41, 5.74) is 7.75. The maximum absolute atomic E-state index is 11.5. The molecule has 2 aliphatic heterocycles. The van der Waals surface area contributed by atoms with Gasteiger partial charge in [-0.1, -0.05) is 17.9 Å². The highest BCUT2D eigenvalue weighted by molar-refractivity contribution is 5.91. The van der Waals surface area contributed by atoms with Crippen molar-refractivity contribution in [2.24, 2.45) is 5.73 Å². The molecule has 1 aromatic heterocycles. The molecule has 2 bridgehead atoms. The van der Waals surface area contributed by atoms with E-state index in [2.05, 4.69) is 27.5 Å². The maximum Gasteiger partial charge on any atom is 0.268 e. The summed E-state index contributed by atoms with van der Waals surface area (Å²) < 4.78 is 2.08. The SMILES string of the molecule is CC(C)(O)C#Cc1ccc2c(c1)-c1nc(C(N)=O)cn1C1CC2C1. The normalized spacial score (nSPS) is 20.8. The summed E-state index contributed by atoms with van der Waals surface area (Å²) >= 11 is 0. The molecule has 1 saturated carbocycles. The Labute approximate surface area is 140 Å². The van der Waals surface area contributed by atoms with E-state index < -0.39 is 11.5 Å². The van der Waals surface area contributed by atoms with Crippen LogP contribution in [0.4, 0.5) is 0 Å². The van der Waals surface area contributed by atoms with E-state index in [1.807, 2.05) is 12.1 Å². The first-order valence-corrected chi connectivity index (χ1v) is 8.10. The van der Waals surface area contributed by atoms with E-state index in [4.69, 9.17) is 5.73 Å². The van der Waals surface area contributed by atoms with Crippen LogP contribution in [0.1, 0.15) is 60.3 Å². The largest absolute Gasteiger partial charge is 0.378 e. The lowest BCUT2D eigenvalue weighted by molar-refractivity contribution is 0.0995. The van der Waals surface area contributed by atoms with Crippen LogP contribution in [0.15, 0.2) is 24.4 Å². The van der Waals surface area contributed by atoms with E-state index in [-0.39, 0.29) is 0 Å². The molecule has 0 radical (unpaired) electrons. The van der Waals surface area contributed by atoms with Crippen LogP contribution in [0.2, 0.25) is 0 Å². The van der Waals surface area contributed by atoms with Gasteiger partial charge in [0, 0.05) is 23.4 Å². The number of hydrogen-bond acceptors (Lipinski definition) is 3. The van der Waals surface area contributed by atoms with E-state index in [1.165, 1.54) is 5.56 Å². The average Bonchev–Trinajstić information content (AvgIpc) is 2.80. The second-order valence-corrected chi connectivity index (χ2v) is 7.15. The second-order valence-electron chi connectivity index (χ2n) is 7.15. The van der Waals surface area contributed by atoms with Crippen molar-refractivity contribution >= 4 is 5.91 Å². The van der Waals surface area contributed by atoms with Gasteiger partial charge in [0.15, 0.2) is 0 Å². The van der Waals surface area contributed by atoms with Crippen molar-refractivity contribution in [1.82, 2.24) is 9.55 Å². The molecule has 5 rings (SSSR count).